The minimum absolute atomic E-state index is 0.0495. The number of hydrogen-bond acceptors (Lipinski definition) is 4. The molecule has 2 aromatic rings. The SMILES string of the molecule is Cc1ccc(OCCCC(=O)Nc2ccc(CNC(=O)CCN)cc2)cc1. The van der Waals surface area contributed by atoms with Crippen LogP contribution >= 0.6 is 0 Å². The Labute approximate surface area is 160 Å². The predicted molar refractivity (Wildman–Crippen MR) is 106 cm³/mol. The highest BCUT2D eigenvalue weighted by molar-refractivity contribution is 5.90. The van der Waals surface area contributed by atoms with E-state index in [-0.39, 0.29) is 11.8 Å². The van der Waals surface area contributed by atoms with Crippen LogP contribution < -0.4 is 21.1 Å². The number of amides is 2. The van der Waals surface area contributed by atoms with Gasteiger partial charge in [-0.25, -0.2) is 0 Å². The summed E-state index contributed by atoms with van der Waals surface area (Å²) in [5.41, 5.74) is 8.22. The summed E-state index contributed by atoms with van der Waals surface area (Å²) < 4.78 is 5.62. The average molecular weight is 369 g/mol. The van der Waals surface area contributed by atoms with E-state index < -0.39 is 0 Å². The van der Waals surface area contributed by atoms with Gasteiger partial charge in [-0.2, -0.15) is 0 Å². The fraction of sp³-hybridized carbons (Fsp3) is 0.333. The molecule has 2 rings (SSSR count). The molecule has 27 heavy (non-hydrogen) atoms. The van der Waals surface area contributed by atoms with E-state index in [4.69, 9.17) is 10.5 Å². The molecule has 2 aromatic carbocycles. The number of hydrogen-bond donors (Lipinski definition) is 3. The summed E-state index contributed by atoms with van der Waals surface area (Å²) in [6, 6.07) is 15.2. The van der Waals surface area contributed by atoms with E-state index in [2.05, 4.69) is 10.6 Å². The van der Waals surface area contributed by atoms with Gasteiger partial charge in [0, 0.05) is 31.6 Å². The van der Waals surface area contributed by atoms with Gasteiger partial charge < -0.3 is 21.1 Å². The molecule has 0 saturated carbocycles. The van der Waals surface area contributed by atoms with Crippen LogP contribution in [0.3, 0.4) is 0 Å². The summed E-state index contributed by atoms with van der Waals surface area (Å²) in [7, 11) is 0. The van der Waals surface area contributed by atoms with E-state index in [0.717, 1.165) is 17.0 Å². The molecule has 0 bridgehead atoms. The first kappa shape index (κ1) is 20.5. The second-order valence-electron chi connectivity index (χ2n) is 6.33. The zero-order valence-electron chi connectivity index (χ0n) is 15.7. The minimum Gasteiger partial charge on any atom is -0.494 e. The lowest BCUT2D eigenvalue weighted by Gasteiger charge is -2.09. The quantitative estimate of drug-likeness (QED) is 0.561. The number of nitrogens with one attached hydrogen (secondary N) is 2. The molecule has 4 N–H and O–H groups in total. The molecule has 0 aliphatic carbocycles. The Morgan fingerprint density at radius 2 is 1.67 bits per heavy atom. The number of anilines is 1. The van der Waals surface area contributed by atoms with Crippen molar-refractivity contribution in [3.05, 3.63) is 59.7 Å². The number of nitrogens with two attached hydrogens (primary N) is 1. The smallest absolute Gasteiger partial charge is 0.224 e. The van der Waals surface area contributed by atoms with Crippen molar-refractivity contribution in [2.45, 2.75) is 32.7 Å². The Hall–Kier alpha value is -2.86. The summed E-state index contributed by atoms with van der Waals surface area (Å²) in [4.78, 5) is 23.4. The molecule has 6 heteroatoms. The van der Waals surface area contributed by atoms with E-state index in [0.29, 0.717) is 39.0 Å². The molecule has 0 atom stereocenters. The summed E-state index contributed by atoms with van der Waals surface area (Å²) in [6.45, 7) is 3.31. The van der Waals surface area contributed by atoms with Gasteiger partial charge in [-0.1, -0.05) is 29.8 Å². The fourth-order valence-electron chi connectivity index (χ4n) is 2.41. The standard InChI is InChI=1S/C21H27N3O3/c1-16-4-10-19(11-5-16)27-14-2-3-21(26)24-18-8-6-17(7-9-18)15-23-20(25)12-13-22/h4-11H,2-3,12-15,22H2,1H3,(H,23,25)(H,24,26). The van der Waals surface area contributed by atoms with Crippen molar-refractivity contribution in [2.24, 2.45) is 5.73 Å². The maximum Gasteiger partial charge on any atom is 0.224 e. The molecule has 0 spiro atoms. The lowest BCUT2D eigenvalue weighted by atomic mass is 10.2. The van der Waals surface area contributed by atoms with Crippen molar-refractivity contribution in [3.63, 3.8) is 0 Å². The molecular weight excluding hydrogens is 342 g/mol. The summed E-state index contributed by atoms with van der Waals surface area (Å²) in [5.74, 6) is 0.699. The molecule has 0 fully saturated rings. The van der Waals surface area contributed by atoms with Crippen molar-refractivity contribution in [1.29, 1.82) is 0 Å². The molecule has 6 nitrogen and oxygen atoms in total. The summed E-state index contributed by atoms with van der Waals surface area (Å²) in [6.07, 6.45) is 1.36. The van der Waals surface area contributed by atoms with Gasteiger partial charge in [0.05, 0.1) is 6.61 Å². The Kier molecular flexibility index (Phi) is 8.32. The van der Waals surface area contributed by atoms with Crippen molar-refractivity contribution in [1.82, 2.24) is 5.32 Å². The Balaban J connectivity index is 1.66. The first-order chi connectivity index (χ1) is 13.1. The molecule has 144 valence electrons. The van der Waals surface area contributed by atoms with Crippen molar-refractivity contribution < 1.29 is 14.3 Å². The fourth-order valence-corrected chi connectivity index (χ4v) is 2.41. The van der Waals surface area contributed by atoms with Crippen LogP contribution in [-0.4, -0.2) is 25.0 Å². The van der Waals surface area contributed by atoms with Crippen molar-refractivity contribution in [3.8, 4) is 5.75 Å². The topological polar surface area (TPSA) is 93.5 Å². The van der Waals surface area contributed by atoms with E-state index in [9.17, 15) is 9.59 Å². The number of carbonyl (C=O) groups is 2. The first-order valence-electron chi connectivity index (χ1n) is 9.12. The molecule has 0 heterocycles. The van der Waals surface area contributed by atoms with E-state index >= 15 is 0 Å². The maximum atomic E-state index is 12.0. The Bertz CT molecular complexity index is 727. The van der Waals surface area contributed by atoms with Gasteiger partial charge >= 0.3 is 0 Å². The van der Waals surface area contributed by atoms with Gasteiger partial charge in [-0.05, 0) is 43.2 Å². The largest absolute Gasteiger partial charge is 0.494 e. The first-order valence-corrected chi connectivity index (χ1v) is 9.12. The third-order valence-electron chi connectivity index (χ3n) is 3.94. The monoisotopic (exact) mass is 369 g/mol. The molecule has 0 radical (unpaired) electrons. The molecule has 0 aromatic heterocycles. The van der Waals surface area contributed by atoms with Crippen LogP contribution in [0.4, 0.5) is 5.69 Å². The summed E-state index contributed by atoms with van der Waals surface area (Å²) in [5, 5.41) is 5.65. The minimum atomic E-state index is -0.0669. The maximum absolute atomic E-state index is 12.0. The van der Waals surface area contributed by atoms with Crippen LogP contribution in [0.25, 0.3) is 0 Å². The third kappa shape index (κ3) is 7.92. The molecule has 0 aliphatic rings. The van der Waals surface area contributed by atoms with Crippen molar-refractivity contribution >= 4 is 17.5 Å². The van der Waals surface area contributed by atoms with Crippen LogP contribution in [-0.2, 0) is 16.1 Å². The normalized spacial score (nSPS) is 10.3. The van der Waals surface area contributed by atoms with Gasteiger partial charge in [0.2, 0.25) is 11.8 Å². The second kappa shape index (κ2) is 11.0. The average Bonchev–Trinajstić information content (AvgIpc) is 2.66. The van der Waals surface area contributed by atoms with Crippen LogP contribution in [0.15, 0.2) is 48.5 Å². The van der Waals surface area contributed by atoms with Gasteiger partial charge in [-0.3, -0.25) is 9.59 Å². The molecular formula is C21H27N3O3. The van der Waals surface area contributed by atoms with Gasteiger partial charge in [-0.15, -0.1) is 0 Å². The molecule has 0 saturated heterocycles. The van der Waals surface area contributed by atoms with Crippen molar-refractivity contribution in [2.75, 3.05) is 18.5 Å². The van der Waals surface area contributed by atoms with Crippen LogP contribution in [0, 0.1) is 6.92 Å². The van der Waals surface area contributed by atoms with Crippen LogP contribution in [0.1, 0.15) is 30.4 Å². The number of aryl methyl sites for hydroxylation is 1. The molecule has 0 unspecified atom stereocenters. The zero-order valence-corrected chi connectivity index (χ0v) is 15.7. The van der Waals surface area contributed by atoms with Gasteiger partial charge in [0.25, 0.3) is 0 Å². The highest BCUT2D eigenvalue weighted by atomic mass is 16.5. The van der Waals surface area contributed by atoms with Gasteiger partial charge in [0.15, 0.2) is 0 Å². The van der Waals surface area contributed by atoms with E-state index in [1.165, 1.54) is 5.56 Å². The third-order valence-corrected chi connectivity index (χ3v) is 3.94. The number of rotatable bonds is 10. The number of ether oxygens (including phenoxy) is 1. The molecule has 0 aliphatic heterocycles. The Morgan fingerprint density at radius 3 is 2.33 bits per heavy atom. The van der Waals surface area contributed by atoms with Crippen LogP contribution in [0.5, 0.6) is 5.75 Å². The summed E-state index contributed by atoms with van der Waals surface area (Å²) >= 11 is 0. The Morgan fingerprint density at radius 1 is 0.963 bits per heavy atom. The zero-order chi connectivity index (χ0) is 19.5. The number of benzene rings is 2. The van der Waals surface area contributed by atoms with Crippen LogP contribution in [0.2, 0.25) is 0 Å². The predicted octanol–water partition coefficient (Wildman–Crippen LogP) is 2.76. The highest BCUT2D eigenvalue weighted by Gasteiger charge is 2.04. The lowest BCUT2D eigenvalue weighted by Crippen LogP contribution is -2.24. The van der Waals surface area contributed by atoms with Gasteiger partial charge in [0.1, 0.15) is 5.75 Å². The van der Waals surface area contributed by atoms with E-state index in [1.807, 2.05) is 55.5 Å². The number of carbonyl (C=O) groups excluding carboxylic acids is 2. The second-order valence-corrected chi connectivity index (χ2v) is 6.33. The molecule has 2 amide bonds. The van der Waals surface area contributed by atoms with E-state index in [1.54, 1.807) is 0 Å². The lowest BCUT2D eigenvalue weighted by molar-refractivity contribution is -0.121. The highest BCUT2D eigenvalue weighted by Crippen LogP contribution is 2.13.